The van der Waals surface area contributed by atoms with Crippen LogP contribution in [0.4, 0.5) is 14.5 Å². The number of carbonyl (C=O) groups is 1. The lowest BCUT2D eigenvalue weighted by atomic mass is 10.1. The van der Waals surface area contributed by atoms with Crippen molar-refractivity contribution >= 4 is 22.6 Å². The number of benzene rings is 1. The molecule has 0 bridgehead atoms. The van der Waals surface area contributed by atoms with Crippen LogP contribution < -0.4 is 10.1 Å². The summed E-state index contributed by atoms with van der Waals surface area (Å²) < 4.78 is 36.0. The molecule has 0 saturated carbocycles. The Morgan fingerprint density at radius 2 is 2.00 bits per heavy atom. The Balaban J connectivity index is 1.66. The van der Waals surface area contributed by atoms with E-state index < -0.39 is 6.43 Å². The summed E-state index contributed by atoms with van der Waals surface area (Å²) in [6.45, 7) is 3.88. The van der Waals surface area contributed by atoms with Gasteiger partial charge in [-0.2, -0.15) is 10.2 Å². The van der Waals surface area contributed by atoms with Gasteiger partial charge in [0, 0.05) is 30.1 Å². The number of pyridine rings is 1. The number of halogens is 2. The van der Waals surface area contributed by atoms with Gasteiger partial charge in [0.2, 0.25) is 5.91 Å². The quantitative estimate of drug-likeness (QED) is 0.467. The van der Waals surface area contributed by atoms with Gasteiger partial charge in [0.1, 0.15) is 12.3 Å². The zero-order chi connectivity index (χ0) is 22.8. The molecule has 8 nitrogen and oxygen atoms in total. The van der Waals surface area contributed by atoms with Crippen molar-refractivity contribution in [3.05, 3.63) is 54.0 Å². The normalized spacial score (nSPS) is 11.3. The van der Waals surface area contributed by atoms with Crippen LogP contribution in [0.25, 0.3) is 22.3 Å². The van der Waals surface area contributed by atoms with E-state index in [1.807, 2.05) is 6.92 Å². The Morgan fingerprint density at radius 3 is 2.62 bits per heavy atom. The van der Waals surface area contributed by atoms with E-state index >= 15 is 0 Å². The van der Waals surface area contributed by atoms with E-state index in [9.17, 15) is 13.6 Å². The molecule has 0 aliphatic carbocycles. The second-order valence-electron chi connectivity index (χ2n) is 7.25. The third-order valence-corrected chi connectivity index (χ3v) is 4.89. The first-order chi connectivity index (χ1) is 15.4. The van der Waals surface area contributed by atoms with Gasteiger partial charge in [0.15, 0.2) is 5.65 Å². The Hall–Kier alpha value is -3.82. The molecule has 0 aliphatic heterocycles. The summed E-state index contributed by atoms with van der Waals surface area (Å²) in [4.78, 5) is 17.2. The predicted molar refractivity (Wildman–Crippen MR) is 116 cm³/mol. The van der Waals surface area contributed by atoms with Crippen molar-refractivity contribution in [2.75, 3.05) is 11.9 Å². The average Bonchev–Trinajstić information content (AvgIpc) is 3.32. The lowest BCUT2D eigenvalue weighted by molar-refractivity contribution is -0.116. The molecule has 4 aromatic rings. The van der Waals surface area contributed by atoms with Crippen LogP contribution in [0.15, 0.2) is 42.7 Å². The highest BCUT2D eigenvalue weighted by Crippen LogP contribution is 2.33. The summed E-state index contributed by atoms with van der Waals surface area (Å²) in [5.41, 5.74) is 1.96. The molecule has 3 aromatic heterocycles. The van der Waals surface area contributed by atoms with Crippen LogP contribution >= 0.6 is 0 Å². The molecule has 0 aliphatic rings. The lowest BCUT2D eigenvalue weighted by Gasteiger charge is -2.09. The summed E-state index contributed by atoms with van der Waals surface area (Å²) in [5, 5.41) is 11.4. The smallest absolute Gasteiger partial charge is 0.264 e. The largest absolute Gasteiger partial charge is 0.494 e. The highest BCUT2D eigenvalue weighted by atomic mass is 19.3. The molecule has 1 amide bonds. The van der Waals surface area contributed by atoms with Gasteiger partial charge in [-0.25, -0.2) is 18.4 Å². The fourth-order valence-electron chi connectivity index (χ4n) is 3.51. The molecule has 1 N–H and O–H groups in total. The molecule has 32 heavy (non-hydrogen) atoms. The molecule has 0 unspecified atom stereocenters. The van der Waals surface area contributed by atoms with Crippen molar-refractivity contribution in [3.8, 4) is 17.0 Å². The van der Waals surface area contributed by atoms with Crippen LogP contribution in [0.3, 0.4) is 0 Å². The maximum atomic E-state index is 13.8. The zero-order valence-corrected chi connectivity index (χ0v) is 17.8. The number of anilines is 1. The number of alkyl halides is 2. The predicted octanol–water partition coefficient (Wildman–Crippen LogP) is 4.12. The van der Waals surface area contributed by atoms with E-state index in [1.165, 1.54) is 10.7 Å². The molecule has 0 radical (unpaired) electrons. The van der Waals surface area contributed by atoms with Crippen molar-refractivity contribution in [1.29, 1.82) is 0 Å². The molecule has 0 atom stereocenters. The van der Waals surface area contributed by atoms with Crippen LogP contribution in [0.2, 0.25) is 0 Å². The molecule has 3 heterocycles. The van der Waals surface area contributed by atoms with Crippen molar-refractivity contribution in [3.63, 3.8) is 0 Å². The molecular weight excluding hydrogens is 418 g/mol. The number of aromatic nitrogens is 5. The maximum absolute atomic E-state index is 13.8. The summed E-state index contributed by atoms with van der Waals surface area (Å²) in [6.07, 6.45) is 0.524. The number of amides is 1. The number of nitrogens with zero attached hydrogens (tertiary/aromatic N) is 5. The van der Waals surface area contributed by atoms with Crippen molar-refractivity contribution in [2.45, 2.75) is 26.8 Å². The van der Waals surface area contributed by atoms with Gasteiger partial charge in [0.25, 0.3) is 6.43 Å². The SMILES string of the molecule is CCOc1ccc(NC(=O)Cn2nc(C)c3c(C(F)F)cc(-c4cnn(C)c4)nc32)cc1. The van der Waals surface area contributed by atoms with E-state index in [0.29, 0.717) is 35.0 Å². The van der Waals surface area contributed by atoms with Gasteiger partial charge in [0.05, 0.1) is 29.6 Å². The van der Waals surface area contributed by atoms with Crippen LogP contribution in [-0.4, -0.2) is 37.1 Å². The van der Waals surface area contributed by atoms with Gasteiger partial charge in [-0.1, -0.05) is 0 Å². The highest BCUT2D eigenvalue weighted by Gasteiger charge is 2.22. The maximum Gasteiger partial charge on any atom is 0.264 e. The molecule has 0 fully saturated rings. The first kappa shape index (κ1) is 21.4. The Kier molecular flexibility index (Phi) is 5.85. The first-order valence-corrected chi connectivity index (χ1v) is 10.0. The van der Waals surface area contributed by atoms with Gasteiger partial charge < -0.3 is 10.1 Å². The topological polar surface area (TPSA) is 86.9 Å². The van der Waals surface area contributed by atoms with E-state index in [2.05, 4.69) is 20.5 Å². The van der Waals surface area contributed by atoms with Crippen LogP contribution in [-0.2, 0) is 18.4 Å². The Labute approximate surface area is 182 Å². The zero-order valence-electron chi connectivity index (χ0n) is 17.8. The number of carbonyl (C=O) groups excluding carboxylic acids is 1. The fourth-order valence-corrected chi connectivity index (χ4v) is 3.51. The summed E-state index contributed by atoms with van der Waals surface area (Å²) in [6, 6.07) is 8.31. The minimum absolute atomic E-state index is 0.176. The third kappa shape index (κ3) is 4.29. The summed E-state index contributed by atoms with van der Waals surface area (Å²) in [7, 11) is 1.73. The Morgan fingerprint density at radius 1 is 1.25 bits per heavy atom. The van der Waals surface area contributed by atoms with Gasteiger partial charge in [-0.3, -0.25) is 9.48 Å². The minimum atomic E-state index is -2.72. The lowest BCUT2D eigenvalue weighted by Crippen LogP contribution is -2.19. The third-order valence-electron chi connectivity index (χ3n) is 4.89. The molecule has 4 rings (SSSR count). The molecular formula is C22H22F2N6O2. The van der Waals surface area contributed by atoms with Crippen LogP contribution in [0.5, 0.6) is 5.75 Å². The Bertz CT molecular complexity index is 1260. The van der Waals surface area contributed by atoms with Gasteiger partial charge >= 0.3 is 0 Å². The van der Waals surface area contributed by atoms with Crippen LogP contribution in [0.1, 0.15) is 24.6 Å². The fraction of sp³-hybridized carbons (Fsp3) is 0.273. The average molecular weight is 440 g/mol. The molecule has 10 heteroatoms. The van der Waals surface area contributed by atoms with Gasteiger partial charge in [-0.05, 0) is 44.2 Å². The van der Waals surface area contributed by atoms with Crippen molar-refractivity contribution in [2.24, 2.45) is 7.05 Å². The summed E-state index contributed by atoms with van der Waals surface area (Å²) >= 11 is 0. The number of nitrogens with one attached hydrogen (secondary N) is 1. The van der Waals surface area contributed by atoms with E-state index in [1.54, 1.807) is 55.3 Å². The highest BCUT2D eigenvalue weighted by molar-refractivity contribution is 5.92. The van der Waals surface area contributed by atoms with Crippen molar-refractivity contribution < 1.29 is 18.3 Å². The standard InChI is InChI=1S/C22H22F2N6O2/c1-4-32-16-7-5-15(6-8-16)26-19(31)12-30-22-20(13(2)28-30)17(21(23)24)9-18(27-22)14-10-25-29(3)11-14/h5-11,21H,4,12H2,1-3H3,(H,26,31). The van der Waals surface area contributed by atoms with E-state index in [0.717, 1.165) is 0 Å². The second-order valence-corrected chi connectivity index (χ2v) is 7.25. The molecule has 0 saturated heterocycles. The summed E-state index contributed by atoms with van der Waals surface area (Å²) in [5.74, 6) is 0.344. The van der Waals surface area contributed by atoms with E-state index in [-0.39, 0.29) is 29.0 Å². The van der Waals surface area contributed by atoms with Crippen LogP contribution in [0, 0.1) is 6.92 Å². The number of hydrogen-bond donors (Lipinski definition) is 1. The number of hydrogen-bond acceptors (Lipinski definition) is 5. The second kappa shape index (κ2) is 8.74. The van der Waals surface area contributed by atoms with E-state index in [4.69, 9.17) is 4.74 Å². The molecule has 166 valence electrons. The number of rotatable bonds is 7. The monoisotopic (exact) mass is 440 g/mol. The van der Waals surface area contributed by atoms with Crippen molar-refractivity contribution in [1.82, 2.24) is 24.5 Å². The molecule has 1 aromatic carbocycles. The van der Waals surface area contributed by atoms with Gasteiger partial charge in [-0.15, -0.1) is 0 Å². The number of fused-ring (bicyclic) bond motifs is 1. The minimum Gasteiger partial charge on any atom is -0.494 e. The molecule has 0 spiro atoms. The number of aryl methyl sites for hydroxylation is 2. The number of ether oxygens (including phenoxy) is 1. The first-order valence-electron chi connectivity index (χ1n) is 10.0.